The summed E-state index contributed by atoms with van der Waals surface area (Å²) in [5.41, 5.74) is 4.28. The van der Waals surface area contributed by atoms with Crippen LogP contribution in [0.1, 0.15) is 47.8 Å². The van der Waals surface area contributed by atoms with Gasteiger partial charge in [-0.3, -0.25) is 4.79 Å². The van der Waals surface area contributed by atoms with Gasteiger partial charge in [-0.05, 0) is 72.0 Å². The minimum atomic E-state index is -0.205. The molecule has 0 fully saturated rings. The first kappa shape index (κ1) is 22.7. The van der Waals surface area contributed by atoms with Crippen molar-refractivity contribution >= 4 is 23.2 Å². The van der Waals surface area contributed by atoms with E-state index in [-0.39, 0.29) is 11.3 Å². The summed E-state index contributed by atoms with van der Waals surface area (Å²) in [7, 11) is 1.60. The zero-order valence-electron chi connectivity index (χ0n) is 18.6. The van der Waals surface area contributed by atoms with Crippen molar-refractivity contribution in [2.24, 2.45) is 0 Å². The van der Waals surface area contributed by atoms with Crippen LogP contribution in [0.3, 0.4) is 0 Å². The Bertz CT molecular complexity index is 1070. The molecule has 3 aromatic carbocycles. The molecule has 0 radical (unpaired) electrons. The zero-order chi connectivity index (χ0) is 22.6. The van der Waals surface area contributed by atoms with Crippen LogP contribution in [0.15, 0.2) is 60.7 Å². The van der Waals surface area contributed by atoms with Crippen LogP contribution in [0.2, 0.25) is 5.02 Å². The lowest BCUT2D eigenvalue weighted by molar-refractivity contribution is 0.102. The summed E-state index contributed by atoms with van der Waals surface area (Å²) in [6.07, 6.45) is 0. The number of nitrogens with one attached hydrogen (secondary N) is 1. The Kier molecular flexibility index (Phi) is 6.91. The van der Waals surface area contributed by atoms with Crippen molar-refractivity contribution in [3.05, 3.63) is 87.9 Å². The van der Waals surface area contributed by atoms with Crippen LogP contribution >= 0.6 is 11.6 Å². The monoisotopic (exact) mass is 437 g/mol. The van der Waals surface area contributed by atoms with E-state index in [1.54, 1.807) is 37.4 Å². The maximum absolute atomic E-state index is 12.8. The normalized spacial score (nSPS) is 11.2. The topological polar surface area (TPSA) is 47.6 Å². The quantitative estimate of drug-likeness (QED) is 0.462. The molecule has 0 saturated heterocycles. The predicted octanol–water partition coefficient (Wildman–Crippen LogP) is 6.79. The molecule has 4 nitrogen and oxygen atoms in total. The molecular weight excluding hydrogens is 410 g/mol. The van der Waals surface area contributed by atoms with E-state index in [2.05, 4.69) is 38.2 Å². The van der Waals surface area contributed by atoms with Gasteiger partial charge in [-0.2, -0.15) is 0 Å². The highest BCUT2D eigenvalue weighted by molar-refractivity contribution is 6.30. The van der Waals surface area contributed by atoms with Crippen LogP contribution in [-0.2, 0) is 12.0 Å². The first-order chi connectivity index (χ1) is 14.7. The van der Waals surface area contributed by atoms with E-state index in [4.69, 9.17) is 21.1 Å². The molecule has 0 atom stereocenters. The van der Waals surface area contributed by atoms with Gasteiger partial charge in [-0.1, -0.05) is 44.5 Å². The summed E-state index contributed by atoms with van der Waals surface area (Å²) in [5.74, 6) is 1.23. The minimum absolute atomic E-state index is 0.0892. The van der Waals surface area contributed by atoms with Crippen LogP contribution < -0.4 is 14.8 Å². The first-order valence-electron chi connectivity index (χ1n) is 10.1. The fraction of sp³-hybridized carbons (Fsp3) is 0.269. The molecule has 3 aromatic rings. The lowest BCUT2D eigenvalue weighted by Gasteiger charge is -2.19. The number of aryl methyl sites for hydroxylation is 1. The van der Waals surface area contributed by atoms with Crippen molar-refractivity contribution in [3.63, 3.8) is 0 Å². The van der Waals surface area contributed by atoms with Crippen LogP contribution in [-0.4, -0.2) is 13.0 Å². The summed E-state index contributed by atoms with van der Waals surface area (Å²) in [6, 6.07) is 18.8. The number of halogens is 1. The Morgan fingerprint density at radius 2 is 1.71 bits per heavy atom. The van der Waals surface area contributed by atoms with Gasteiger partial charge in [0.15, 0.2) is 0 Å². The number of rotatable bonds is 6. The number of methoxy groups -OCH3 is 1. The highest BCUT2D eigenvalue weighted by atomic mass is 35.5. The van der Waals surface area contributed by atoms with Gasteiger partial charge in [-0.25, -0.2) is 0 Å². The number of amides is 1. The van der Waals surface area contributed by atoms with Crippen molar-refractivity contribution < 1.29 is 14.3 Å². The Morgan fingerprint density at radius 1 is 1.00 bits per heavy atom. The van der Waals surface area contributed by atoms with Crippen LogP contribution in [0.4, 0.5) is 5.69 Å². The first-order valence-corrected chi connectivity index (χ1v) is 10.5. The summed E-state index contributed by atoms with van der Waals surface area (Å²) in [4.78, 5) is 12.8. The molecule has 0 aliphatic carbocycles. The number of benzene rings is 3. The van der Waals surface area contributed by atoms with Gasteiger partial charge in [0.1, 0.15) is 18.1 Å². The van der Waals surface area contributed by atoms with Crippen molar-refractivity contribution in [1.29, 1.82) is 0 Å². The maximum atomic E-state index is 12.8. The second kappa shape index (κ2) is 9.44. The summed E-state index contributed by atoms with van der Waals surface area (Å²) < 4.78 is 11.4. The third kappa shape index (κ3) is 5.80. The van der Waals surface area contributed by atoms with E-state index in [0.29, 0.717) is 22.9 Å². The number of anilines is 1. The molecular formula is C26H28ClNO3. The number of carbonyl (C=O) groups is 1. The Labute approximate surface area is 189 Å². The van der Waals surface area contributed by atoms with Crippen molar-refractivity contribution in [2.45, 2.75) is 39.7 Å². The molecule has 3 rings (SSSR count). The second-order valence-electron chi connectivity index (χ2n) is 8.50. The maximum Gasteiger partial charge on any atom is 0.255 e. The van der Waals surface area contributed by atoms with Crippen LogP contribution in [0.25, 0.3) is 0 Å². The average Bonchev–Trinajstić information content (AvgIpc) is 2.73. The summed E-state index contributed by atoms with van der Waals surface area (Å²) >= 11 is 6.00. The molecule has 0 aliphatic rings. The Morgan fingerprint density at radius 3 is 2.32 bits per heavy atom. The van der Waals surface area contributed by atoms with E-state index in [9.17, 15) is 4.79 Å². The van der Waals surface area contributed by atoms with Gasteiger partial charge in [0.05, 0.1) is 7.11 Å². The van der Waals surface area contributed by atoms with Crippen molar-refractivity contribution in [1.82, 2.24) is 0 Å². The van der Waals surface area contributed by atoms with E-state index >= 15 is 0 Å². The molecule has 1 N–H and O–H groups in total. The Hall–Kier alpha value is -2.98. The third-order valence-corrected chi connectivity index (χ3v) is 5.33. The molecule has 0 aliphatic heterocycles. The molecule has 0 spiro atoms. The highest BCUT2D eigenvalue weighted by Gasteiger charge is 2.14. The fourth-order valence-electron chi connectivity index (χ4n) is 3.21. The van der Waals surface area contributed by atoms with E-state index in [1.165, 1.54) is 5.56 Å². The Balaban J connectivity index is 1.75. The molecule has 0 heterocycles. The highest BCUT2D eigenvalue weighted by Crippen LogP contribution is 2.27. The summed E-state index contributed by atoms with van der Waals surface area (Å²) in [5, 5.41) is 3.57. The summed E-state index contributed by atoms with van der Waals surface area (Å²) in [6.45, 7) is 8.72. The SMILES string of the molecule is COc1ccc(C(=O)Nc2ccc(Cl)cc2C)cc1COc1ccc(C(C)(C)C)cc1. The van der Waals surface area contributed by atoms with Gasteiger partial charge >= 0.3 is 0 Å². The minimum Gasteiger partial charge on any atom is -0.496 e. The number of hydrogen-bond acceptors (Lipinski definition) is 3. The molecule has 0 bridgehead atoms. The standard InChI is InChI=1S/C26H28ClNO3/c1-17-14-21(27)9-12-23(17)28-25(29)18-6-13-24(30-5)19(15-18)16-31-22-10-7-20(8-11-22)26(2,3)4/h6-15H,16H2,1-5H3,(H,28,29). The van der Waals surface area contributed by atoms with Gasteiger partial charge in [-0.15, -0.1) is 0 Å². The molecule has 5 heteroatoms. The predicted molar refractivity (Wildman–Crippen MR) is 127 cm³/mol. The van der Waals surface area contributed by atoms with Crippen molar-refractivity contribution in [2.75, 3.05) is 12.4 Å². The number of carbonyl (C=O) groups excluding carboxylic acids is 1. The second-order valence-corrected chi connectivity index (χ2v) is 8.94. The smallest absolute Gasteiger partial charge is 0.255 e. The average molecular weight is 438 g/mol. The zero-order valence-corrected chi connectivity index (χ0v) is 19.3. The lowest BCUT2D eigenvalue weighted by Crippen LogP contribution is -2.13. The molecule has 0 unspecified atom stereocenters. The van der Waals surface area contributed by atoms with E-state index in [0.717, 1.165) is 22.6 Å². The van der Waals surface area contributed by atoms with Gasteiger partial charge in [0, 0.05) is 21.8 Å². The third-order valence-electron chi connectivity index (χ3n) is 5.09. The lowest BCUT2D eigenvalue weighted by atomic mass is 9.87. The van der Waals surface area contributed by atoms with Crippen LogP contribution in [0, 0.1) is 6.92 Å². The van der Waals surface area contributed by atoms with Crippen LogP contribution in [0.5, 0.6) is 11.5 Å². The molecule has 0 aromatic heterocycles. The largest absolute Gasteiger partial charge is 0.496 e. The molecule has 31 heavy (non-hydrogen) atoms. The molecule has 1 amide bonds. The van der Waals surface area contributed by atoms with Gasteiger partial charge in [0.25, 0.3) is 5.91 Å². The number of ether oxygens (including phenoxy) is 2. The van der Waals surface area contributed by atoms with E-state index in [1.807, 2.05) is 25.1 Å². The number of hydrogen-bond donors (Lipinski definition) is 1. The van der Waals surface area contributed by atoms with Crippen molar-refractivity contribution in [3.8, 4) is 11.5 Å². The molecule has 162 valence electrons. The molecule has 0 saturated carbocycles. The fourth-order valence-corrected chi connectivity index (χ4v) is 3.43. The van der Waals surface area contributed by atoms with Gasteiger partial charge in [0.2, 0.25) is 0 Å². The van der Waals surface area contributed by atoms with E-state index < -0.39 is 0 Å². The van der Waals surface area contributed by atoms with Gasteiger partial charge < -0.3 is 14.8 Å².